The topological polar surface area (TPSA) is 98.6 Å². The molecular formula is C7H10N4O2S. The molecule has 0 atom stereocenters. The zero-order valence-corrected chi connectivity index (χ0v) is 8.21. The van der Waals surface area contributed by atoms with Gasteiger partial charge in [0.05, 0.1) is 12.4 Å². The van der Waals surface area contributed by atoms with Crippen molar-refractivity contribution in [3.63, 3.8) is 0 Å². The molecule has 0 radical (unpaired) electrons. The number of H-pyrrole nitrogens is 1. The lowest BCUT2D eigenvalue weighted by atomic mass is 10.3. The molecule has 1 aromatic heterocycles. The Morgan fingerprint density at radius 3 is 3.00 bits per heavy atom. The maximum absolute atomic E-state index is 11.0. The van der Waals surface area contributed by atoms with Crippen LogP contribution in [0.2, 0.25) is 0 Å². The van der Waals surface area contributed by atoms with Crippen LogP contribution in [-0.4, -0.2) is 30.7 Å². The molecule has 0 saturated carbocycles. The van der Waals surface area contributed by atoms with E-state index in [9.17, 15) is 8.42 Å². The van der Waals surface area contributed by atoms with Crippen LogP contribution in [0.5, 0.6) is 0 Å². The first kappa shape index (κ1) is 10.7. The van der Waals surface area contributed by atoms with Crippen LogP contribution < -0.4 is 4.72 Å². The van der Waals surface area contributed by atoms with Crippen LogP contribution in [0.4, 0.5) is 0 Å². The van der Waals surface area contributed by atoms with E-state index in [0.29, 0.717) is 6.42 Å². The standard InChI is InChI=1S/C7H10N4O2S/c8-2-4-14(12,13)11-3-1-7-5-9-6-10-7/h5-6,11H,1,3-4H2,(H,9,10). The van der Waals surface area contributed by atoms with Gasteiger partial charge in [-0.25, -0.2) is 18.1 Å². The van der Waals surface area contributed by atoms with Crippen molar-refractivity contribution < 1.29 is 8.42 Å². The lowest BCUT2D eigenvalue weighted by molar-refractivity contribution is 0.585. The number of hydrogen-bond acceptors (Lipinski definition) is 4. The molecule has 0 aliphatic rings. The smallest absolute Gasteiger partial charge is 0.225 e. The second kappa shape index (κ2) is 4.74. The number of nitrogens with zero attached hydrogens (tertiary/aromatic N) is 2. The summed E-state index contributed by atoms with van der Waals surface area (Å²) in [7, 11) is -3.43. The Bertz CT molecular complexity index is 403. The molecule has 0 saturated heterocycles. The summed E-state index contributed by atoms with van der Waals surface area (Å²) in [5.74, 6) is -0.504. The van der Waals surface area contributed by atoms with Gasteiger partial charge >= 0.3 is 0 Å². The van der Waals surface area contributed by atoms with Gasteiger partial charge in [-0.3, -0.25) is 0 Å². The Hall–Kier alpha value is -1.39. The summed E-state index contributed by atoms with van der Waals surface area (Å²) in [5, 5.41) is 8.20. The zero-order chi connectivity index (χ0) is 10.4. The normalized spacial score (nSPS) is 11.1. The van der Waals surface area contributed by atoms with Crippen LogP contribution in [0.25, 0.3) is 0 Å². The molecule has 2 N–H and O–H groups in total. The summed E-state index contributed by atoms with van der Waals surface area (Å²) in [6, 6.07) is 1.58. The van der Waals surface area contributed by atoms with Crippen LogP contribution in [0.1, 0.15) is 5.69 Å². The first-order valence-corrected chi connectivity index (χ1v) is 5.61. The highest BCUT2D eigenvalue weighted by molar-refractivity contribution is 7.89. The molecule has 1 rings (SSSR count). The van der Waals surface area contributed by atoms with Crippen molar-refractivity contribution >= 4 is 10.0 Å². The Balaban J connectivity index is 2.32. The number of nitrogens with one attached hydrogen (secondary N) is 2. The molecule has 7 heteroatoms. The number of imidazole rings is 1. The molecule has 0 aromatic carbocycles. The van der Waals surface area contributed by atoms with E-state index < -0.39 is 15.8 Å². The third-order valence-electron chi connectivity index (χ3n) is 1.53. The van der Waals surface area contributed by atoms with Gasteiger partial charge in [-0.05, 0) is 0 Å². The van der Waals surface area contributed by atoms with E-state index >= 15 is 0 Å². The zero-order valence-electron chi connectivity index (χ0n) is 7.40. The summed E-state index contributed by atoms with van der Waals surface area (Å²) >= 11 is 0. The Kier molecular flexibility index (Phi) is 3.62. The molecule has 1 heterocycles. The molecule has 0 unspecified atom stereocenters. The molecule has 14 heavy (non-hydrogen) atoms. The minimum Gasteiger partial charge on any atom is -0.348 e. The van der Waals surface area contributed by atoms with E-state index in [0.717, 1.165) is 5.69 Å². The van der Waals surface area contributed by atoms with Crippen molar-refractivity contribution in [1.29, 1.82) is 5.26 Å². The van der Waals surface area contributed by atoms with Gasteiger partial charge in [0.1, 0.15) is 0 Å². The van der Waals surface area contributed by atoms with Gasteiger partial charge in [0.2, 0.25) is 10.0 Å². The van der Waals surface area contributed by atoms with Gasteiger partial charge in [-0.2, -0.15) is 5.26 Å². The maximum atomic E-state index is 11.0. The fourth-order valence-corrected chi connectivity index (χ4v) is 1.58. The minimum atomic E-state index is -3.43. The Morgan fingerprint density at radius 1 is 1.64 bits per heavy atom. The highest BCUT2D eigenvalue weighted by Gasteiger charge is 2.07. The Morgan fingerprint density at radius 2 is 2.43 bits per heavy atom. The predicted molar refractivity (Wildman–Crippen MR) is 49.7 cm³/mol. The molecule has 1 aromatic rings. The van der Waals surface area contributed by atoms with Gasteiger partial charge in [0, 0.05) is 24.9 Å². The monoisotopic (exact) mass is 214 g/mol. The van der Waals surface area contributed by atoms with Gasteiger partial charge in [0.15, 0.2) is 5.75 Å². The van der Waals surface area contributed by atoms with Crippen molar-refractivity contribution in [2.75, 3.05) is 12.3 Å². The summed E-state index contributed by atoms with van der Waals surface area (Å²) < 4.78 is 24.3. The van der Waals surface area contributed by atoms with Gasteiger partial charge in [-0.15, -0.1) is 0 Å². The molecule has 0 aliphatic carbocycles. The number of nitriles is 1. The van der Waals surface area contributed by atoms with Crippen molar-refractivity contribution in [3.8, 4) is 6.07 Å². The SMILES string of the molecule is N#CCS(=O)(=O)NCCc1cnc[nH]1. The second-order valence-electron chi connectivity index (χ2n) is 2.64. The number of rotatable bonds is 5. The van der Waals surface area contributed by atoms with E-state index in [2.05, 4.69) is 14.7 Å². The quantitative estimate of drug-likeness (QED) is 0.683. The molecule has 0 bridgehead atoms. The molecule has 0 fully saturated rings. The van der Waals surface area contributed by atoms with Crippen molar-refractivity contribution in [1.82, 2.24) is 14.7 Å². The first-order chi connectivity index (χ1) is 6.64. The Labute approximate surface area is 82.0 Å². The van der Waals surface area contributed by atoms with Crippen molar-refractivity contribution in [2.45, 2.75) is 6.42 Å². The largest absolute Gasteiger partial charge is 0.348 e. The van der Waals surface area contributed by atoms with Crippen LogP contribution in [0.3, 0.4) is 0 Å². The molecule has 0 amide bonds. The van der Waals surface area contributed by atoms with Crippen LogP contribution in [0, 0.1) is 11.3 Å². The van der Waals surface area contributed by atoms with E-state index in [1.165, 1.54) is 6.33 Å². The molecule has 0 spiro atoms. The van der Waals surface area contributed by atoms with Gasteiger partial charge < -0.3 is 4.98 Å². The first-order valence-electron chi connectivity index (χ1n) is 3.95. The third kappa shape index (κ3) is 3.55. The van der Waals surface area contributed by atoms with Gasteiger partial charge in [-0.1, -0.05) is 0 Å². The molecule has 0 aliphatic heterocycles. The molecule has 76 valence electrons. The van der Waals surface area contributed by atoms with Crippen LogP contribution in [0.15, 0.2) is 12.5 Å². The highest BCUT2D eigenvalue weighted by Crippen LogP contribution is 1.91. The second-order valence-corrected chi connectivity index (χ2v) is 4.45. The number of hydrogen-bond donors (Lipinski definition) is 2. The predicted octanol–water partition coefficient (Wildman–Crippen LogP) is -0.605. The summed E-state index contributed by atoms with van der Waals surface area (Å²) in [6.45, 7) is 0.270. The fraction of sp³-hybridized carbons (Fsp3) is 0.429. The fourth-order valence-electron chi connectivity index (χ4n) is 0.899. The van der Waals surface area contributed by atoms with E-state index in [1.54, 1.807) is 12.3 Å². The highest BCUT2D eigenvalue weighted by atomic mass is 32.2. The molecular weight excluding hydrogens is 204 g/mol. The maximum Gasteiger partial charge on any atom is 0.225 e. The van der Waals surface area contributed by atoms with Crippen molar-refractivity contribution in [2.24, 2.45) is 0 Å². The van der Waals surface area contributed by atoms with Gasteiger partial charge in [0.25, 0.3) is 0 Å². The summed E-state index contributed by atoms with van der Waals surface area (Å²) in [5.41, 5.74) is 0.852. The van der Waals surface area contributed by atoms with Crippen LogP contribution in [-0.2, 0) is 16.4 Å². The van der Waals surface area contributed by atoms with E-state index in [1.807, 2.05) is 0 Å². The lowest BCUT2D eigenvalue weighted by Crippen LogP contribution is -2.27. The summed E-state index contributed by atoms with van der Waals surface area (Å²) in [4.78, 5) is 6.63. The molecule has 6 nitrogen and oxygen atoms in total. The number of sulfonamides is 1. The van der Waals surface area contributed by atoms with Crippen LogP contribution >= 0.6 is 0 Å². The van der Waals surface area contributed by atoms with Crippen molar-refractivity contribution in [3.05, 3.63) is 18.2 Å². The number of aromatic nitrogens is 2. The third-order valence-corrected chi connectivity index (χ3v) is 2.68. The lowest BCUT2D eigenvalue weighted by Gasteiger charge is -2.01. The minimum absolute atomic E-state index is 0.270. The van der Waals surface area contributed by atoms with E-state index in [-0.39, 0.29) is 6.54 Å². The number of aromatic amines is 1. The summed E-state index contributed by atoms with van der Waals surface area (Å²) in [6.07, 6.45) is 3.68. The average molecular weight is 214 g/mol. The van der Waals surface area contributed by atoms with E-state index in [4.69, 9.17) is 5.26 Å². The average Bonchev–Trinajstić information content (AvgIpc) is 2.56.